The highest BCUT2D eigenvalue weighted by molar-refractivity contribution is 7.14. The number of nitrogens with zero attached hydrogens (tertiary/aromatic N) is 2. The molecule has 23 heavy (non-hydrogen) atoms. The molecule has 128 valence electrons. The van der Waals surface area contributed by atoms with Gasteiger partial charge in [-0.3, -0.25) is 4.79 Å². The van der Waals surface area contributed by atoms with Crippen molar-refractivity contribution in [1.82, 2.24) is 9.88 Å². The molecule has 0 saturated carbocycles. The van der Waals surface area contributed by atoms with Crippen LogP contribution in [-0.2, 0) is 14.9 Å². The van der Waals surface area contributed by atoms with E-state index in [0.29, 0.717) is 19.1 Å². The number of piperidine rings is 1. The second-order valence-corrected chi connectivity index (χ2v) is 8.42. The van der Waals surface area contributed by atoms with Crippen LogP contribution in [0.5, 0.6) is 0 Å². The maximum absolute atomic E-state index is 12.8. The normalized spacial score (nSPS) is 21.1. The number of rotatable bonds is 2. The summed E-state index contributed by atoms with van der Waals surface area (Å²) in [6, 6.07) is 0. The molecule has 0 N–H and O–H groups in total. The number of aryl methyl sites for hydroxylation is 1. The van der Waals surface area contributed by atoms with Crippen molar-refractivity contribution in [3.63, 3.8) is 0 Å². The molecule has 2 aliphatic heterocycles. The number of aromatic nitrogens is 1. The van der Waals surface area contributed by atoms with E-state index >= 15 is 0 Å². The van der Waals surface area contributed by atoms with Crippen LogP contribution in [0.2, 0.25) is 0 Å². The van der Waals surface area contributed by atoms with Gasteiger partial charge in [0, 0.05) is 24.4 Å². The molecule has 0 radical (unpaired) electrons. The average Bonchev–Trinajstić information content (AvgIpc) is 3.15. The summed E-state index contributed by atoms with van der Waals surface area (Å²) < 4.78 is 11.2. The first-order valence-corrected chi connectivity index (χ1v) is 9.18. The third-order valence-corrected chi connectivity index (χ3v) is 6.06. The zero-order chi connectivity index (χ0) is 16.6. The molecule has 0 unspecified atom stereocenters. The van der Waals surface area contributed by atoms with Gasteiger partial charge in [0.1, 0.15) is 4.88 Å². The highest BCUT2D eigenvalue weighted by atomic mass is 32.1. The summed E-state index contributed by atoms with van der Waals surface area (Å²) in [4.78, 5) is 20.2. The molecule has 2 saturated heterocycles. The van der Waals surface area contributed by atoms with Crippen LogP contribution in [0.15, 0.2) is 0 Å². The van der Waals surface area contributed by atoms with Crippen molar-refractivity contribution in [1.29, 1.82) is 0 Å². The highest BCUT2D eigenvalue weighted by Crippen LogP contribution is 2.31. The second-order valence-electron chi connectivity index (χ2n) is 7.42. The molecule has 2 fully saturated rings. The van der Waals surface area contributed by atoms with Gasteiger partial charge in [-0.2, -0.15) is 0 Å². The molecule has 0 bridgehead atoms. The van der Waals surface area contributed by atoms with Gasteiger partial charge in [-0.05, 0) is 19.8 Å². The number of amides is 1. The van der Waals surface area contributed by atoms with Gasteiger partial charge >= 0.3 is 0 Å². The van der Waals surface area contributed by atoms with E-state index in [1.54, 1.807) is 11.3 Å². The lowest BCUT2D eigenvalue weighted by molar-refractivity contribution is -0.0956. The summed E-state index contributed by atoms with van der Waals surface area (Å²) >= 11 is 1.54. The van der Waals surface area contributed by atoms with Crippen molar-refractivity contribution in [2.45, 2.75) is 52.2 Å². The van der Waals surface area contributed by atoms with E-state index in [2.05, 4.69) is 25.8 Å². The standard InChI is InChI=1S/C17H26N2O3S/c1-11-13(23-16(18-11)17(2,3)4)14(20)19-7-5-12(6-8-19)15-21-9-10-22-15/h12,15H,5-10H2,1-4H3. The molecule has 1 amide bonds. The monoisotopic (exact) mass is 338 g/mol. The number of carbonyl (C=O) groups excluding carboxylic acids is 1. The van der Waals surface area contributed by atoms with Crippen LogP contribution in [0.4, 0.5) is 0 Å². The SMILES string of the molecule is Cc1nc(C(C)(C)C)sc1C(=O)N1CCC(C2OCCO2)CC1. The second kappa shape index (κ2) is 6.49. The van der Waals surface area contributed by atoms with E-state index in [1.165, 1.54) is 0 Å². The Morgan fingerprint density at radius 3 is 2.35 bits per heavy atom. The van der Waals surface area contributed by atoms with E-state index in [1.807, 2.05) is 11.8 Å². The molecule has 0 aliphatic carbocycles. The van der Waals surface area contributed by atoms with E-state index in [0.717, 1.165) is 41.5 Å². The first-order valence-electron chi connectivity index (χ1n) is 8.36. The number of likely N-dealkylation sites (tertiary alicyclic amines) is 1. The van der Waals surface area contributed by atoms with Gasteiger partial charge in [0.2, 0.25) is 0 Å². The van der Waals surface area contributed by atoms with Gasteiger partial charge in [0.05, 0.1) is 23.9 Å². The predicted octanol–water partition coefficient (Wildman–Crippen LogP) is 2.97. The van der Waals surface area contributed by atoms with Crippen molar-refractivity contribution < 1.29 is 14.3 Å². The number of hydrogen-bond acceptors (Lipinski definition) is 5. The topological polar surface area (TPSA) is 51.7 Å². The average molecular weight is 338 g/mol. The van der Waals surface area contributed by atoms with Crippen LogP contribution in [0.3, 0.4) is 0 Å². The summed E-state index contributed by atoms with van der Waals surface area (Å²) in [6.07, 6.45) is 1.82. The largest absolute Gasteiger partial charge is 0.350 e. The zero-order valence-electron chi connectivity index (χ0n) is 14.4. The van der Waals surface area contributed by atoms with Crippen LogP contribution in [0.25, 0.3) is 0 Å². The van der Waals surface area contributed by atoms with Gasteiger partial charge < -0.3 is 14.4 Å². The molecule has 2 aliphatic rings. The first-order chi connectivity index (χ1) is 10.9. The van der Waals surface area contributed by atoms with Gasteiger partial charge in [-0.25, -0.2) is 4.98 Å². The summed E-state index contributed by atoms with van der Waals surface area (Å²) in [7, 11) is 0. The minimum atomic E-state index is -0.0649. The molecule has 0 atom stereocenters. The van der Waals surface area contributed by atoms with Crippen LogP contribution in [0.1, 0.15) is 54.0 Å². The van der Waals surface area contributed by atoms with Gasteiger partial charge in [-0.1, -0.05) is 20.8 Å². The van der Waals surface area contributed by atoms with Crippen molar-refractivity contribution in [2.75, 3.05) is 26.3 Å². The molecule has 1 aromatic rings. The fourth-order valence-electron chi connectivity index (χ4n) is 3.08. The Kier molecular flexibility index (Phi) is 4.76. The van der Waals surface area contributed by atoms with Gasteiger partial charge in [0.25, 0.3) is 5.91 Å². The zero-order valence-corrected chi connectivity index (χ0v) is 15.2. The maximum Gasteiger partial charge on any atom is 0.265 e. The predicted molar refractivity (Wildman–Crippen MR) is 89.9 cm³/mol. The molecule has 3 heterocycles. The fraction of sp³-hybridized carbons (Fsp3) is 0.765. The van der Waals surface area contributed by atoms with E-state index in [-0.39, 0.29) is 17.6 Å². The van der Waals surface area contributed by atoms with E-state index in [9.17, 15) is 4.79 Å². The molecule has 0 spiro atoms. The van der Waals surface area contributed by atoms with Crippen LogP contribution in [-0.4, -0.2) is 48.4 Å². The van der Waals surface area contributed by atoms with Gasteiger partial charge in [-0.15, -0.1) is 11.3 Å². The number of thiazole rings is 1. The number of ether oxygens (including phenoxy) is 2. The summed E-state index contributed by atoms with van der Waals surface area (Å²) in [6.45, 7) is 11.3. The van der Waals surface area contributed by atoms with Crippen LogP contribution in [0, 0.1) is 12.8 Å². The Labute approximate surface area is 142 Å². The smallest absolute Gasteiger partial charge is 0.265 e. The Morgan fingerprint density at radius 1 is 1.22 bits per heavy atom. The molecule has 5 nitrogen and oxygen atoms in total. The lowest BCUT2D eigenvalue weighted by Crippen LogP contribution is -2.41. The maximum atomic E-state index is 12.8. The van der Waals surface area contributed by atoms with E-state index in [4.69, 9.17) is 9.47 Å². The number of hydrogen-bond donors (Lipinski definition) is 0. The Hall–Kier alpha value is -0.980. The minimum Gasteiger partial charge on any atom is -0.350 e. The van der Waals surface area contributed by atoms with Crippen LogP contribution >= 0.6 is 11.3 Å². The Balaban J connectivity index is 1.64. The lowest BCUT2D eigenvalue weighted by atomic mass is 9.96. The molecular formula is C17H26N2O3S. The Morgan fingerprint density at radius 2 is 1.83 bits per heavy atom. The summed E-state index contributed by atoms with van der Waals surface area (Å²) in [5.41, 5.74) is 0.840. The highest BCUT2D eigenvalue weighted by Gasteiger charge is 2.33. The van der Waals surface area contributed by atoms with Crippen molar-refractivity contribution in [3.8, 4) is 0 Å². The number of carbonyl (C=O) groups is 1. The molecular weight excluding hydrogens is 312 g/mol. The molecule has 1 aromatic heterocycles. The quantitative estimate of drug-likeness (QED) is 0.832. The molecule has 0 aromatic carbocycles. The fourth-order valence-corrected chi connectivity index (χ4v) is 4.17. The third-order valence-electron chi connectivity index (χ3n) is 4.49. The lowest BCUT2D eigenvalue weighted by Gasteiger charge is -2.33. The summed E-state index contributed by atoms with van der Waals surface area (Å²) in [5.74, 6) is 0.538. The van der Waals surface area contributed by atoms with Crippen molar-refractivity contribution >= 4 is 17.2 Å². The van der Waals surface area contributed by atoms with E-state index < -0.39 is 0 Å². The van der Waals surface area contributed by atoms with Crippen molar-refractivity contribution in [3.05, 3.63) is 15.6 Å². The van der Waals surface area contributed by atoms with Crippen molar-refractivity contribution in [2.24, 2.45) is 5.92 Å². The van der Waals surface area contributed by atoms with Gasteiger partial charge in [0.15, 0.2) is 6.29 Å². The molecule has 3 rings (SSSR count). The molecule has 6 heteroatoms. The Bertz CT molecular complexity index is 565. The minimum absolute atomic E-state index is 0.0158. The third kappa shape index (κ3) is 3.59. The first kappa shape index (κ1) is 16.9. The van der Waals surface area contributed by atoms with Crippen LogP contribution < -0.4 is 0 Å². The summed E-state index contributed by atoms with van der Waals surface area (Å²) in [5, 5.41) is 1.03.